The molecule has 3 aromatic heterocycles. The van der Waals surface area contributed by atoms with Crippen molar-refractivity contribution in [2.45, 2.75) is 19.3 Å². The first kappa shape index (κ1) is 33.4. The molecule has 1 aliphatic carbocycles. The maximum atomic E-state index is 6.64. The molecule has 282 valence electrons. The number of nitrogens with zero attached hydrogens (tertiary/aromatic N) is 2. The quantitative estimate of drug-likeness (QED) is 0.175. The molecule has 0 saturated carbocycles. The molecule has 0 bridgehead atoms. The topological polar surface area (TPSA) is 23.0 Å². The Bertz CT molecular complexity index is 3730. The normalized spacial score (nSPS) is 13.3. The molecule has 0 atom stereocenters. The van der Waals surface area contributed by atoms with Crippen LogP contribution in [0.2, 0.25) is 0 Å². The van der Waals surface area contributed by atoms with Gasteiger partial charge in [-0.25, -0.2) is 0 Å². The predicted molar refractivity (Wildman–Crippen MR) is 251 cm³/mol. The van der Waals surface area contributed by atoms with Gasteiger partial charge in [0.1, 0.15) is 11.2 Å². The molecule has 13 rings (SSSR count). The molecule has 3 nitrogen and oxygen atoms in total. The SMILES string of the molecule is CC1(C)c2ccccc2-c2cc3c4cc(-c5cccc6oc7ccc(-c8cccc9c8c8ccccc8n9-c8ccccc8)cc7c56)ccc4n(-c4ccccc4)c3cc21. The smallest absolute Gasteiger partial charge is 0.136 e. The van der Waals surface area contributed by atoms with Crippen LogP contribution in [0.3, 0.4) is 0 Å². The largest absolute Gasteiger partial charge is 0.456 e. The van der Waals surface area contributed by atoms with Crippen molar-refractivity contribution in [2.24, 2.45) is 0 Å². The Morgan fingerprint density at radius 2 is 0.933 bits per heavy atom. The molecule has 0 radical (unpaired) electrons. The number of para-hydroxylation sites is 3. The summed E-state index contributed by atoms with van der Waals surface area (Å²) in [6.45, 7) is 4.73. The average molecular weight is 767 g/mol. The van der Waals surface area contributed by atoms with Gasteiger partial charge < -0.3 is 13.6 Å². The van der Waals surface area contributed by atoms with E-state index in [1.54, 1.807) is 0 Å². The number of fused-ring (bicyclic) bond motifs is 12. The summed E-state index contributed by atoms with van der Waals surface area (Å²) in [5, 5.41) is 7.24. The van der Waals surface area contributed by atoms with E-state index < -0.39 is 0 Å². The molecule has 9 aromatic carbocycles. The Morgan fingerprint density at radius 3 is 1.73 bits per heavy atom. The summed E-state index contributed by atoms with van der Waals surface area (Å²) in [6.07, 6.45) is 0. The fourth-order valence-corrected chi connectivity index (χ4v) is 10.6. The second-order valence-corrected chi connectivity index (χ2v) is 16.9. The Labute approximate surface area is 347 Å². The molecular weight excluding hydrogens is 729 g/mol. The molecule has 0 aliphatic heterocycles. The lowest BCUT2D eigenvalue weighted by Gasteiger charge is -2.21. The first-order valence-electron chi connectivity index (χ1n) is 20.8. The van der Waals surface area contributed by atoms with Crippen LogP contribution in [0.5, 0.6) is 0 Å². The highest BCUT2D eigenvalue weighted by Crippen LogP contribution is 2.51. The number of furan rings is 1. The van der Waals surface area contributed by atoms with Crippen molar-refractivity contribution in [2.75, 3.05) is 0 Å². The second kappa shape index (κ2) is 12.2. The van der Waals surface area contributed by atoms with Gasteiger partial charge >= 0.3 is 0 Å². The fourth-order valence-electron chi connectivity index (χ4n) is 10.6. The average Bonchev–Trinajstić information content (AvgIpc) is 4.01. The van der Waals surface area contributed by atoms with Crippen molar-refractivity contribution in [3.63, 3.8) is 0 Å². The van der Waals surface area contributed by atoms with E-state index >= 15 is 0 Å². The number of aromatic nitrogens is 2. The fraction of sp³-hybridized carbons (Fsp3) is 0.0526. The lowest BCUT2D eigenvalue weighted by molar-refractivity contribution is 0.661. The summed E-state index contributed by atoms with van der Waals surface area (Å²) in [6, 6.07) is 71.0. The van der Waals surface area contributed by atoms with Gasteiger partial charge in [-0.2, -0.15) is 0 Å². The van der Waals surface area contributed by atoms with Crippen LogP contribution in [-0.2, 0) is 5.41 Å². The van der Waals surface area contributed by atoms with Crippen LogP contribution in [-0.4, -0.2) is 9.13 Å². The zero-order chi connectivity index (χ0) is 39.7. The van der Waals surface area contributed by atoms with Crippen LogP contribution in [0, 0.1) is 0 Å². The van der Waals surface area contributed by atoms with Crippen molar-refractivity contribution in [3.8, 4) is 44.8 Å². The zero-order valence-corrected chi connectivity index (χ0v) is 33.3. The maximum absolute atomic E-state index is 6.64. The molecule has 0 spiro atoms. The summed E-state index contributed by atoms with van der Waals surface area (Å²) < 4.78 is 11.5. The van der Waals surface area contributed by atoms with Crippen LogP contribution in [0.4, 0.5) is 0 Å². The van der Waals surface area contributed by atoms with Crippen LogP contribution in [0.15, 0.2) is 199 Å². The summed E-state index contributed by atoms with van der Waals surface area (Å²) in [5.74, 6) is 0. The van der Waals surface area contributed by atoms with Gasteiger partial charge in [-0.15, -0.1) is 0 Å². The van der Waals surface area contributed by atoms with E-state index in [-0.39, 0.29) is 5.41 Å². The molecule has 0 N–H and O–H groups in total. The summed E-state index contributed by atoms with van der Waals surface area (Å²) in [5.41, 5.74) is 19.0. The van der Waals surface area contributed by atoms with Gasteiger partial charge in [0.15, 0.2) is 0 Å². The summed E-state index contributed by atoms with van der Waals surface area (Å²) >= 11 is 0. The Morgan fingerprint density at radius 1 is 0.350 bits per heavy atom. The Balaban J connectivity index is 1.04. The van der Waals surface area contributed by atoms with Crippen molar-refractivity contribution in [1.82, 2.24) is 9.13 Å². The van der Waals surface area contributed by atoms with E-state index in [1.165, 1.54) is 82.6 Å². The van der Waals surface area contributed by atoms with Crippen molar-refractivity contribution in [1.29, 1.82) is 0 Å². The first-order valence-corrected chi connectivity index (χ1v) is 20.8. The summed E-state index contributed by atoms with van der Waals surface area (Å²) in [4.78, 5) is 0. The maximum Gasteiger partial charge on any atom is 0.136 e. The van der Waals surface area contributed by atoms with E-state index in [2.05, 4.69) is 217 Å². The number of benzene rings is 9. The van der Waals surface area contributed by atoms with Gasteiger partial charge in [0.25, 0.3) is 0 Å². The van der Waals surface area contributed by atoms with Gasteiger partial charge in [-0.3, -0.25) is 0 Å². The van der Waals surface area contributed by atoms with Crippen LogP contribution < -0.4 is 0 Å². The van der Waals surface area contributed by atoms with Crippen molar-refractivity contribution < 1.29 is 4.42 Å². The standard InChI is InChI=1S/C57H38N2O/c1-57(2)47-23-11-9-19-41(47)43-33-45-44-31-35(27-29-50(44)59(52(45)34-48(43)57)38-17-7-4-8-18-38)40-22-14-26-54-56(40)46-32-36(28-30-53(46)60-54)39-21-13-25-51-55(39)42-20-10-12-24-49(42)58(51)37-15-5-3-6-16-37/h3-34H,1-2H3. The minimum Gasteiger partial charge on any atom is -0.456 e. The van der Waals surface area contributed by atoms with E-state index in [9.17, 15) is 0 Å². The number of rotatable bonds is 4. The third kappa shape index (κ3) is 4.55. The van der Waals surface area contributed by atoms with E-state index in [0.717, 1.165) is 38.9 Å². The third-order valence-electron chi connectivity index (χ3n) is 13.3. The van der Waals surface area contributed by atoms with Crippen molar-refractivity contribution in [3.05, 3.63) is 205 Å². The lowest BCUT2D eigenvalue weighted by atomic mass is 9.82. The van der Waals surface area contributed by atoms with Gasteiger partial charge in [0, 0.05) is 49.1 Å². The monoisotopic (exact) mass is 766 g/mol. The second-order valence-electron chi connectivity index (χ2n) is 16.9. The van der Waals surface area contributed by atoms with E-state index in [0.29, 0.717) is 0 Å². The van der Waals surface area contributed by atoms with E-state index in [1.807, 2.05) is 0 Å². The van der Waals surface area contributed by atoms with Crippen LogP contribution in [0.1, 0.15) is 25.0 Å². The molecule has 0 amide bonds. The minimum absolute atomic E-state index is 0.0927. The molecule has 1 aliphatic rings. The molecule has 0 unspecified atom stereocenters. The molecule has 12 aromatic rings. The summed E-state index contributed by atoms with van der Waals surface area (Å²) in [7, 11) is 0. The third-order valence-corrected chi connectivity index (χ3v) is 13.3. The minimum atomic E-state index is -0.0927. The molecule has 0 fully saturated rings. The molecule has 0 saturated heterocycles. The number of hydrogen-bond donors (Lipinski definition) is 0. The van der Waals surface area contributed by atoms with Gasteiger partial charge in [0.2, 0.25) is 0 Å². The van der Waals surface area contributed by atoms with Gasteiger partial charge in [-0.05, 0) is 123 Å². The molecular formula is C57H38N2O. The Kier molecular flexibility index (Phi) is 6.78. The van der Waals surface area contributed by atoms with Gasteiger partial charge in [-0.1, -0.05) is 129 Å². The highest BCUT2D eigenvalue weighted by Gasteiger charge is 2.36. The lowest BCUT2D eigenvalue weighted by Crippen LogP contribution is -2.14. The molecule has 3 heterocycles. The van der Waals surface area contributed by atoms with Gasteiger partial charge in [0.05, 0.1) is 22.1 Å². The zero-order valence-electron chi connectivity index (χ0n) is 33.3. The molecule has 3 heteroatoms. The highest BCUT2D eigenvalue weighted by atomic mass is 16.3. The number of hydrogen-bond acceptors (Lipinski definition) is 1. The van der Waals surface area contributed by atoms with E-state index in [4.69, 9.17) is 4.42 Å². The van der Waals surface area contributed by atoms with Crippen LogP contribution >= 0.6 is 0 Å². The Hall–Kier alpha value is -7.62. The predicted octanol–water partition coefficient (Wildman–Crippen LogP) is 15.4. The first-order chi connectivity index (χ1) is 29.5. The highest BCUT2D eigenvalue weighted by molar-refractivity contribution is 6.19. The van der Waals surface area contributed by atoms with Crippen molar-refractivity contribution >= 4 is 65.6 Å². The van der Waals surface area contributed by atoms with Crippen LogP contribution in [0.25, 0.3) is 110 Å². The molecule has 60 heavy (non-hydrogen) atoms.